The lowest BCUT2D eigenvalue weighted by Gasteiger charge is -2.29. The molecule has 2 aromatic rings. The van der Waals surface area contributed by atoms with Gasteiger partial charge in [-0.25, -0.2) is 9.18 Å². The molecule has 0 spiro atoms. The van der Waals surface area contributed by atoms with Crippen LogP contribution in [-0.2, 0) is 0 Å². The number of fused-ring (bicyclic) bond motifs is 1. The van der Waals surface area contributed by atoms with Gasteiger partial charge in [0.2, 0.25) is 0 Å². The summed E-state index contributed by atoms with van der Waals surface area (Å²) in [5, 5.41) is 17.6. The highest BCUT2D eigenvalue weighted by Crippen LogP contribution is 2.29. The molecular weight excluding hydrogens is 381 g/mol. The molecule has 0 saturated carbocycles. The molecule has 1 amide bonds. The van der Waals surface area contributed by atoms with E-state index >= 15 is 0 Å². The number of piperidine rings is 1. The summed E-state index contributed by atoms with van der Waals surface area (Å²) in [5.74, 6) is -0.667. The lowest BCUT2D eigenvalue weighted by Crippen LogP contribution is -2.37. The predicted molar refractivity (Wildman–Crippen MR) is 89.2 cm³/mol. The summed E-state index contributed by atoms with van der Waals surface area (Å²) in [6.45, 7) is 0.863. The zero-order chi connectivity index (χ0) is 17.3. The molecule has 8 heteroatoms. The van der Waals surface area contributed by atoms with Gasteiger partial charge >= 0.3 is 6.09 Å². The van der Waals surface area contributed by atoms with E-state index in [0.29, 0.717) is 42.5 Å². The molecule has 126 valence electrons. The smallest absolute Gasteiger partial charge is 0.407 e. The van der Waals surface area contributed by atoms with Crippen LogP contribution in [0.3, 0.4) is 0 Å². The largest absolute Gasteiger partial charge is 0.465 e. The molecule has 1 aliphatic heterocycles. The van der Waals surface area contributed by atoms with Crippen LogP contribution in [0.4, 0.5) is 9.18 Å². The van der Waals surface area contributed by atoms with Crippen LogP contribution >= 0.6 is 15.9 Å². The Morgan fingerprint density at radius 1 is 1.25 bits per heavy atom. The van der Waals surface area contributed by atoms with E-state index in [4.69, 9.17) is 5.11 Å². The first-order valence-electron chi connectivity index (χ1n) is 7.53. The molecule has 0 unspecified atom stereocenters. The van der Waals surface area contributed by atoms with Crippen molar-refractivity contribution in [1.82, 2.24) is 15.1 Å². The van der Waals surface area contributed by atoms with Gasteiger partial charge in [-0.15, -0.1) is 0 Å². The van der Waals surface area contributed by atoms with Crippen LogP contribution in [0.2, 0.25) is 0 Å². The van der Waals surface area contributed by atoms with Gasteiger partial charge in [0.15, 0.2) is 5.78 Å². The second kappa shape index (κ2) is 6.80. The highest BCUT2D eigenvalue weighted by atomic mass is 79.9. The van der Waals surface area contributed by atoms with Crippen LogP contribution in [0, 0.1) is 5.82 Å². The van der Waals surface area contributed by atoms with Crippen LogP contribution in [-0.4, -0.2) is 50.5 Å². The quantitative estimate of drug-likeness (QED) is 0.637. The first-order chi connectivity index (χ1) is 11.5. The number of Topliss-reactive ketones (excluding diaryl/α,β-unsaturated/α-hetero) is 1. The molecule has 1 aliphatic rings. The van der Waals surface area contributed by atoms with Crippen LogP contribution in [0.25, 0.3) is 10.9 Å². The molecule has 0 bridgehead atoms. The van der Waals surface area contributed by atoms with Crippen molar-refractivity contribution in [2.24, 2.45) is 0 Å². The third kappa shape index (κ3) is 3.24. The summed E-state index contributed by atoms with van der Waals surface area (Å²) >= 11 is 3.07. The Labute approximate surface area is 145 Å². The Bertz CT molecular complexity index is 806. The molecule has 2 heterocycles. The number of likely N-dealkylation sites (tertiary alicyclic amines) is 1. The third-order valence-corrected chi connectivity index (χ3v) is 4.81. The minimum absolute atomic E-state index is 0.0563. The van der Waals surface area contributed by atoms with Gasteiger partial charge < -0.3 is 10.0 Å². The maximum Gasteiger partial charge on any atom is 0.407 e. The average Bonchev–Trinajstić information content (AvgIpc) is 2.60. The molecular formula is C16H15BrFN3O3. The lowest BCUT2D eigenvalue weighted by molar-refractivity contribution is 0.102. The summed E-state index contributed by atoms with van der Waals surface area (Å²) in [7, 11) is 0. The Morgan fingerprint density at radius 2 is 1.96 bits per heavy atom. The number of carboxylic acid groups (broad SMARTS) is 1. The highest BCUT2D eigenvalue weighted by Gasteiger charge is 2.25. The second-order valence-electron chi connectivity index (χ2n) is 5.76. The van der Waals surface area contributed by atoms with Crippen LogP contribution in [0.1, 0.15) is 34.8 Å². The van der Waals surface area contributed by atoms with Crippen molar-refractivity contribution in [2.75, 3.05) is 18.4 Å². The first-order valence-corrected chi connectivity index (χ1v) is 8.65. The lowest BCUT2D eigenvalue weighted by atomic mass is 9.92. The average molecular weight is 396 g/mol. The van der Waals surface area contributed by atoms with Gasteiger partial charge in [-0.1, -0.05) is 15.9 Å². The number of aromatic nitrogens is 2. The zero-order valence-corrected chi connectivity index (χ0v) is 14.3. The number of halogens is 2. The van der Waals surface area contributed by atoms with E-state index in [1.807, 2.05) is 0 Å². The summed E-state index contributed by atoms with van der Waals surface area (Å²) < 4.78 is 14.3. The van der Waals surface area contributed by atoms with Crippen LogP contribution in [0.5, 0.6) is 0 Å². The maximum atomic E-state index is 14.3. The Balaban J connectivity index is 1.88. The van der Waals surface area contributed by atoms with Crippen molar-refractivity contribution >= 4 is 38.7 Å². The number of hydrogen-bond acceptors (Lipinski definition) is 4. The van der Waals surface area contributed by atoms with E-state index in [9.17, 15) is 14.0 Å². The number of carbonyl (C=O) groups excluding carboxylic acids is 1. The Kier molecular flexibility index (Phi) is 4.75. The summed E-state index contributed by atoms with van der Waals surface area (Å²) in [6.07, 6.45) is 0.343. The van der Waals surface area contributed by atoms with E-state index in [0.717, 1.165) is 0 Å². The van der Waals surface area contributed by atoms with Gasteiger partial charge in [-0.3, -0.25) is 4.79 Å². The molecule has 24 heavy (non-hydrogen) atoms. The topological polar surface area (TPSA) is 83.4 Å². The normalized spacial score (nSPS) is 15.7. The minimum Gasteiger partial charge on any atom is -0.465 e. The van der Waals surface area contributed by atoms with Gasteiger partial charge in [0.1, 0.15) is 5.82 Å². The van der Waals surface area contributed by atoms with Crippen molar-refractivity contribution < 1.29 is 19.1 Å². The number of benzene rings is 1. The number of amides is 1. The molecule has 1 saturated heterocycles. The fourth-order valence-corrected chi connectivity index (χ4v) is 3.25. The molecule has 3 rings (SSSR count). The number of rotatable bonds is 3. The maximum absolute atomic E-state index is 14.3. The highest BCUT2D eigenvalue weighted by molar-refractivity contribution is 9.09. The monoisotopic (exact) mass is 395 g/mol. The van der Waals surface area contributed by atoms with Crippen molar-refractivity contribution in [3.05, 3.63) is 35.3 Å². The molecule has 0 aliphatic carbocycles. The molecule has 1 N–H and O–H groups in total. The number of hydrogen-bond donors (Lipinski definition) is 1. The molecule has 1 fully saturated rings. The van der Waals surface area contributed by atoms with Crippen molar-refractivity contribution in [1.29, 1.82) is 0 Å². The van der Waals surface area contributed by atoms with Gasteiger partial charge in [0.05, 0.1) is 16.5 Å². The Hall–Kier alpha value is -2.09. The van der Waals surface area contributed by atoms with Gasteiger partial charge in [0.25, 0.3) is 0 Å². The van der Waals surface area contributed by atoms with Crippen LogP contribution in [0.15, 0.2) is 18.2 Å². The fourth-order valence-electron chi connectivity index (χ4n) is 2.92. The number of carbonyl (C=O) groups is 2. The van der Waals surface area contributed by atoms with Crippen LogP contribution < -0.4 is 0 Å². The van der Waals surface area contributed by atoms with Gasteiger partial charge in [-0.2, -0.15) is 10.2 Å². The number of ketones is 1. The molecule has 6 nitrogen and oxygen atoms in total. The molecule has 1 aromatic carbocycles. The van der Waals surface area contributed by atoms with Gasteiger partial charge in [-0.05, 0) is 31.0 Å². The summed E-state index contributed by atoms with van der Waals surface area (Å²) in [5.41, 5.74) is 1.26. The third-order valence-electron chi connectivity index (χ3n) is 4.30. The predicted octanol–water partition coefficient (Wildman–Crippen LogP) is 3.20. The Morgan fingerprint density at radius 3 is 2.58 bits per heavy atom. The molecule has 1 aromatic heterocycles. The fraction of sp³-hybridized carbons (Fsp3) is 0.375. The SMILES string of the molecule is O=C(CBr)c1cc(F)c2cc(C3CCN(C(=O)O)CC3)nnc2c1. The van der Waals surface area contributed by atoms with Gasteiger partial charge in [0, 0.05) is 30.0 Å². The summed E-state index contributed by atoms with van der Waals surface area (Å²) in [6, 6.07) is 4.40. The standard InChI is InChI=1S/C16H15BrFN3O3/c17-8-15(22)10-5-12(18)11-7-13(19-20-14(11)6-10)9-1-3-21(4-2-9)16(23)24/h5-7,9H,1-4,8H2,(H,23,24). The second-order valence-corrected chi connectivity index (χ2v) is 6.32. The van der Waals surface area contributed by atoms with Crippen molar-refractivity contribution in [2.45, 2.75) is 18.8 Å². The van der Waals surface area contributed by atoms with E-state index in [-0.39, 0.29) is 22.6 Å². The molecule has 0 radical (unpaired) electrons. The van der Waals surface area contributed by atoms with E-state index < -0.39 is 11.9 Å². The number of nitrogens with zero attached hydrogens (tertiary/aromatic N) is 3. The minimum atomic E-state index is -0.923. The molecule has 0 atom stereocenters. The number of alkyl halides is 1. The summed E-state index contributed by atoms with van der Waals surface area (Å²) in [4.78, 5) is 24.0. The van der Waals surface area contributed by atoms with E-state index in [1.165, 1.54) is 17.0 Å². The van der Waals surface area contributed by atoms with E-state index in [2.05, 4.69) is 26.1 Å². The zero-order valence-electron chi connectivity index (χ0n) is 12.7. The van der Waals surface area contributed by atoms with Crippen molar-refractivity contribution in [3.63, 3.8) is 0 Å². The van der Waals surface area contributed by atoms with Crippen molar-refractivity contribution in [3.8, 4) is 0 Å². The van der Waals surface area contributed by atoms with E-state index in [1.54, 1.807) is 6.07 Å². The first kappa shape index (κ1) is 16.8.